The Kier molecular flexibility index (Phi) is 3.05. The van der Waals surface area contributed by atoms with Gasteiger partial charge in [-0.3, -0.25) is 4.79 Å². The van der Waals surface area contributed by atoms with Gasteiger partial charge in [-0.2, -0.15) is 8.78 Å². The highest BCUT2D eigenvalue weighted by Gasteiger charge is 2.59. The number of carbonyl (C=O) groups excluding carboxylic acids is 1. The van der Waals surface area contributed by atoms with Crippen LogP contribution >= 0.6 is 0 Å². The molecule has 2 bridgehead atoms. The van der Waals surface area contributed by atoms with Crippen LogP contribution in [0, 0.1) is 11.8 Å². The van der Waals surface area contributed by atoms with Crippen LogP contribution in [0.5, 0.6) is 0 Å². The lowest BCUT2D eigenvalue weighted by molar-refractivity contribution is -0.178. The summed E-state index contributed by atoms with van der Waals surface area (Å²) in [5.74, 6) is -5.45. The summed E-state index contributed by atoms with van der Waals surface area (Å²) < 4.78 is 28.1. The number of alkyl halides is 2. The van der Waals surface area contributed by atoms with Crippen LogP contribution in [-0.4, -0.2) is 51.7 Å². The molecule has 108 valence electrons. The molecule has 0 aromatic carbocycles. The Morgan fingerprint density at radius 1 is 1.32 bits per heavy atom. The topological polar surface area (TPSA) is 60.8 Å². The molecule has 4 nitrogen and oxygen atoms in total. The van der Waals surface area contributed by atoms with Crippen LogP contribution in [0.1, 0.15) is 32.1 Å². The van der Waals surface area contributed by atoms with E-state index in [9.17, 15) is 23.8 Å². The summed E-state index contributed by atoms with van der Waals surface area (Å²) >= 11 is 0. The molecule has 0 aromatic heterocycles. The van der Waals surface area contributed by atoms with Crippen molar-refractivity contribution in [1.82, 2.24) is 4.90 Å². The fourth-order valence-corrected chi connectivity index (χ4v) is 3.63. The Labute approximate surface area is 110 Å². The van der Waals surface area contributed by atoms with Gasteiger partial charge in [-0.15, -0.1) is 0 Å². The van der Waals surface area contributed by atoms with Crippen molar-refractivity contribution in [3.8, 4) is 0 Å². The van der Waals surface area contributed by atoms with E-state index in [-0.39, 0.29) is 24.6 Å². The summed E-state index contributed by atoms with van der Waals surface area (Å²) in [7, 11) is 0. The van der Waals surface area contributed by atoms with Crippen LogP contribution in [0.4, 0.5) is 8.78 Å². The lowest BCUT2D eigenvalue weighted by Crippen LogP contribution is -2.53. The zero-order chi connectivity index (χ0) is 13.8. The van der Waals surface area contributed by atoms with Crippen LogP contribution in [0.3, 0.4) is 0 Å². The first kappa shape index (κ1) is 13.2. The molecule has 2 heterocycles. The summed E-state index contributed by atoms with van der Waals surface area (Å²) in [5.41, 5.74) is 0. The average Bonchev–Trinajstić information content (AvgIpc) is 3.10. The zero-order valence-corrected chi connectivity index (χ0v) is 10.6. The molecule has 0 spiro atoms. The zero-order valence-electron chi connectivity index (χ0n) is 10.6. The number of carbonyl (C=O) groups is 1. The fraction of sp³-hybridized carbons (Fsp3) is 0.923. The number of aliphatic hydroxyl groups is 2. The van der Waals surface area contributed by atoms with Crippen LogP contribution < -0.4 is 0 Å². The van der Waals surface area contributed by atoms with Gasteiger partial charge >= 0.3 is 5.92 Å². The monoisotopic (exact) mass is 275 g/mol. The van der Waals surface area contributed by atoms with Crippen molar-refractivity contribution in [2.24, 2.45) is 11.8 Å². The second-order valence-electron chi connectivity index (χ2n) is 6.09. The van der Waals surface area contributed by atoms with E-state index in [0.717, 1.165) is 6.42 Å². The molecule has 6 heteroatoms. The highest BCUT2D eigenvalue weighted by molar-refractivity contribution is 5.85. The molecule has 1 amide bonds. The van der Waals surface area contributed by atoms with Crippen LogP contribution in [0.15, 0.2) is 0 Å². The minimum Gasteiger partial charge on any atom is -0.396 e. The third kappa shape index (κ3) is 1.96. The maximum absolute atomic E-state index is 14.1. The normalized spacial score (nSPS) is 35.8. The molecular weight excluding hydrogens is 256 g/mol. The number of amides is 1. The van der Waals surface area contributed by atoms with E-state index in [2.05, 4.69) is 0 Å². The van der Waals surface area contributed by atoms with Crippen LogP contribution in [0.25, 0.3) is 0 Å². The van der Waals surface area contributed by atoms with E-state index < -0.39 is 23.9 Å². The Balaban J connectivity index is 1.77. The molecule has 3 aliphatic rings. The molecule has 2 N–H and O–H groups in total. The van der Waals surface area contributed by atoms with E-state index in [4.69, 9.17) is 0 Å². The molecule has 1 saturated carbocycles. The number of aliphatic hydroxyl groups excluding tert-OH is 2. The van der Waals surface area contributed by atoms with Crippen molar-refractivity contribution in [2.45, 2.75) is 56.2 Å². The number of nitrogens with zero attached hydrogens (tertiary/aromatic N) is 1. The van der Waals surface area contributed by atoms with Gasteiger partial charge in [-0.05, 0) is 38.0 Å². The molecule has 0 aromatic rings. The Morgan fingerprint density at radius 2 is 2.00 bits per heavy atom. The number of hydrogen-bond acceptors (Lipinski definition) is 3. The minimum absolute atomic E-state index is 0.0678. The van der Waals surface area contributed by atoms with E-state index >= 15 is 0 Å². The van der Waals surface area contributed by atoms with Gasteiger partial charge in [0.05, 0.1) is 0 Å². The maximum Gasteiger partial charge on any atom is 0.350 e. The van der Waals surface area contributed by atoms with Gasteiger partial charge in [0.15, 0.2) is 0 Å². The third-order valence-corrected chi connectivity index (χ3v) is 4.86. The molecule has 4 atom stereocenters. The second-order valence-corrected chi connectivity index (χ2v) is 6.09. The van der Waals surface area contributed by atoms with Gasteiger partial charge in [0.2, 0.25) is 0 Å². The van der Waals surface area contributed by atoms with Gasteiger partial charge < -0.3 is 15.1 Å². The number of fused-ring (bicyclic) bond motifs is 2. The Bertz CT molecular complexity index is 386. The van der Waals surface area contributed by atoms with Crippen molar-refractivity contribution in [3.63, 3.8) is 0 Å². The van der Waals surface area contributed by atoms with E-state index in [0.29, 0.717) is 25.7 Å². The predicted octanol–water partition coefficient (Wildman–Crippen LogP) is 0.764. The Morgan fingerprint density at radius 3 is 2.53 bits per heavy atom. The molecule has 4 unspecified atom stereocenters. The summed E-state index contributed by atoms with van der Waals surface area (Å²) in [6.07, 6.45) is 1.28. The predicted molar refractivity (Wildman–Crippen MR) is 62.5 cm³/mol. The fourth-order valence-electron chi connectivity index (χ4n) is 3.63. The smallest absolute Gasteiger partial charge is 0.350 e. The molecule has 2 aliphatic heterocycles. The van der Waals surface area contributed by atoms with Crippen molar-refractivity contribution < 1.29 is 23.8 Å². The van der Waals surface area contributed by atoms with E-state index in [1.807, 2.05) is 0 Å². The number of halogens is 2. The average molecular weight is 275 g/mol. The molecule has 19 heavy (non-hydrogen) atoms. The standard InChI is InChI=1S/C13H19F2NO3/c14-13(15,11(18)7-1-2-7)12(19)16-9-3-4-10(16)8(5-9)6-17/h7-11,17-18H,1-6H2. The maximum atomic E-state index is 14.1. The summed E-state index contributed by atoms with van der Waals surface area (Å²) in [6.45, 7) is -0.0678. The molecule has 3 rings (SSSR count). The number of rotatable bonds is 4. The van der Waals surface area contributed by atoms with Gasteiger partial charge in [-0.1, -0.05) is 0 Å². The Hall–Kier alpha value is -0.750. The second kappa shape index (κ2) is 4.38. The lowest BCUT2D eigenvalue weighted by Gasteiger charge is -2.30. The molecule has 1 aliphatic carbocycles. The first-order valence-electron chi connectivity index (χ1n) is 6.96. The van der Waals surface area contributed by atoms with E-state index in [1.165, 1.54) is 4.90 Å². The lowest BCUT2D eigenvalue weighted by atomic mass is 9.90. The van der Waals surface area contributed by atoms with Gasteiger partial charge in [0, 0.05) is 24.6 Å². The SMILES string of the molecule is O=C(N1C2CCC1C(CO)C2)C(F)(F)C(O)C1CC1. The van der Waals surface area contributed by atoms with E-state index in [1.54, 1.807) is 0 Å². The van der Waals surface area contributed by atoms with Crippen molar-refractivity contribution in [1.29, 1.82) is 0 Å². The molecule has 3 fully saturated rings. The summed E-state index contributed by atoms with van der Waals surface area (Å²) in [5, 5.41) is 18.8. The number of hydrogen-bond donors (Lipinski definition) is 2. The highest BCUT2D eigenvalue weighted by Crippen LogP contribution is 2.46. The molecule has 0 radical (unpaired) electrons. The molecular formula is C13H19F2NO3. The first-order valence-corrected chi connectivity index (χ1v) is 6.96. The van der Waals surface area contributed by atoms with Crippen LogP contribution in [0.2, 0.25) is 0 Å². The van der Waals surface area contributed by atoms with Crippen LogP contribution in [-0.2, 0) is 4.79 Å². The molecule has 2 saturated heterocycles. The summed E-state index contributed by atoms with van der Waals surface area (Å²) in [4.78, 5) is 13.3. The minimum atomic E-state index is -3.69. The third-order valence-electron chi connectivity index (χ3n) is 4.86. The largest absolute Gasteiger partial charge is 0.396 e. The van der Waals surface area contributed by atoms with Crippen molar-refractivity contribution >= 4 is 5.91 Å². The first-order chi connectivity index (χ1) is 8.96. The van der Waals surface area contributed by atoms with Gasteiger partial charge in [0.25, 0.3) is 5.91 Å². The van der Waals surface area contributed by atoms with Crippen molar-refractivity contribution in [3.05, 3.63) is 0 Å². The quantitative estimate of drug-likeness (QED) is 0.796. The van der Waals surface area contributed by atoms with Gasteiger partial charge in [0.1, 0.15) is 6.10 Å². The van der Waals surface area contributed by atoms with Gasteiger partial charge in [-0.25, -0.2) is 0 Å². The highest BCUT2D eigenvalue weighted by atomic mass is 19.3. The van der Waals surface area contributed by atoms with Crippen molar-refractivity contribution in [2.75, 3.05) is 6.61 Å². The summed E-state index contributed by atoms with van der Waals surface area (Å²) in [6, 6.07) is -0.466.